The molecular weight excluding hydrogens is 208 g/mol. The first-order chi connectivity index (χ1) is 7.30. The van der Waals surface area contributed by atoms with Crippen molar-refractivity contribution in [3.05, 3.63) is 0 Å². The Morgan fingerprint density at radius 2 is 2.13 bits per heavy atom. The molecule has 1 saturated carbocycles. The van der Waals surface area contributed by atoms with Crippen LogP contribution in [0.1, 0.15) is 26.7 Å². The third kappa shape index (κ3) is 2.02. The lowest BCUT2D eigenvalue weighted by atomic mass is 10.1. The predicted octanol–water partition coefficient (Wildman–Crippen LogP) is 1.57. The van der Waals surface area contributed by atoms with Gasteiger partial charge in [-0.2, -0.15) is 0 Å². The summed E-state index contributed by atoms with van der Waals surface area (Å²) < 4.78 is 0. The Morgan fingerprint density at radius 1 is 1.40 bits per heavy atom. The van der Waals surface area contributed by atoms with Crippen LogP contribution in [0.3, 0.4) is 0 Å². The normalized spacial score (nSPS) is 34.1. The Hall–Kier alpha value is -0.220. The van der Waals surface area contributed by atoms with Gasteiger partial charge in [-0.05, 0) is 32.6 Å². The molecule has 0 aromatic heterocycles. The van der Waals surface area contributed by atoms with E-state index in [1.807, 2.05) is 11.8 Å². The standard InChI is InChI=1S/C11H20N2OS/c1-3-13(4-2)11-12-9-6-5-8(7-14)10(9)15-11/h8-10,14H,3-7H2,1-2H3. The molecule has 15 heavy (non-hydrogen) atoms. The van der Waals surface area contributed by atoms with Crippen LogP contribution in [0.15, 0.2) is 4.99 Å². The fourth-order valence-electron chi connectivity index (χ4n) is 2.48. The number of amidine groups is 1. The maximum Gasteiger partial charge on any atom is 0.159 e. The van der Waals surface area contributed by atoms with Crippen molar-refractivity contribution in [3.8, 4) is 0 Å². The minimum absolute atomic E-state index is 0.329. The summed E-state index contributed by atoms with van der Waals surface area (Å²) in [7, 11) is 0. The molecule has 0 bridgehead atoms. The second-order valence-electron chi connectivity index (χ2n) is 4.25. The number of aliphatic imine (C=N–C) groups is 1. The number of fused-ring (bicyclic) bond motifs is 1. The van der Waals surface area contributed by atoms with Crippen molar-refractivity contribution >= 4 is 16.9 Å². The summed E-state index contributed by atoms with van der Waals surface area (Å²) in [5, 5.41) is 11.0. The summed E-state index contributed by atoms with van der Waals surface area (Å²) in [6.07, 6.45) is 2.31. The largest absolute Gasteiger partial charge is 0.396 e. The third-order valence-corrected chi connectivity index (χ3v) is 5.01. The van der Waals surface area contributed by atoms with Crippen molar-refractivity contribution in [1.29, 1.82) is 0 Å². The SMILES string of the molecule is CCN(CC)C1=NC2CCC(CO)C2S1. The zero-order chi connectivity index (χ0) is 10.8. The van der Waals surface area contributed by atoms with Crippen molar-refractivity contribution in [1.82, 2.24) is 4.90 Å². The molecule has 3 nitrogen and oxygen atoms in total. The molecule has 0 aromatic rings. The summed E-state index contributed by atoms with van der Waals surface area (Å²) in [5.41, 5.74) is 0. The van der Waals surface area contributed by atoms with Crippen LogP contribution in [-0.2, 0) is 0 Å². The fourth-order valence-corrected chi connectivity index (χ4v) is 4.10. The molecule has 0 saturated heterocycles. The van der Waals surface area contributed by atoms with E-state index in [0.717, 1.165) is 25.9 Å². The number of aliphatic hydroxyl groups excluding tert-OH is 1. The molecule has 1 aliphatic carbocycles. The van der Waals surface area contributed by atoms with Gasteiger partial charge in [-0.3, -0.25) is 4.99 Å². The molecule has 3 atom stereocenters. The summed E-state index contributed by atoms with van der Waals surface area (Å²) in [4.78, 5) is 7.10. The lowest BCUT2D eigenvalue weighted by molar-refractivity contribution is 0.232. The van der Waals surface area contributed by atoms with E-state index in [4.69, 9.17) is 4.99 Å². The quantitative estimate of drug-likeness (QED) is 0.796. The monoisotopic (exact) mass is 228 g/mol. The maximum absolute atomic E-state index is 9.27. The van der Waals surface area contributed by atoms with Gasteiger partial charge in [0, 0.05) is 24.9 Å². The molecule has 0 aromatic carbocycles. The van der Waals surface area contributed by atoms with Crippen LogP contribution in [0.5, 0.6) is 0 Å². The zero-order valence-electron chi connectivity index (χ0n) is 9.52. The van der Waals surface area contributed by atoms with Gasteiger partial charge in [-0.1, -0.05) is 11.8 Å². The van der Waals surface area contributed by atoms with Crippen LogP contribution in [0.2, 0.25) is 0 Å². The van der Waals surface area contributed by atoms with Crippen LogP contribution >= 0.6 is 11.8 Å². The summed E-state index contributed by atoms with van der Waals surface area (Å²) in [6.45, 7) is 6.74. The van der Waals surface area contributed by atoms with Gasteiger partial charge in [0.25, 0.3) is 0 Å². The Kier molecular flexibility index (Phi) is 3.57. The van der Waals surface area contributed by atoms with Crippen molar-refractivity contribution in [3.63, 3.8) is 0 Å². The minimum Gasteiger partial charge on any atom is -0.396 e. The van der Waals surface area contributed by atoms with E-state index >= 15 is 0 Å². The predicted molar refractivity (Wildman–Crippen MR) is 65.3 cm³/mol. The molecule has 1 fully saturated rings. The topological polar surface area (TPSA) is 35.8 Å². The molecule has 3 unspecified atom stereocenters. The average Bonchev–Trinajstić information content (AvgIpc) is 2.79. The molecule has 4 heteroatoms. The van der Waals surface area contributed by atoms with E-state index in [1.54, 1.807) is 0 Å². The third-order valence-electron chi connectivity index (χ3n) is 3.46. The highest BCUT2D eigenvalue weighted by Gasteiger charge is 2.41. The molecule has 2 aliphatic rings. The Labute approximate surface area is 95.9 Å². The highest BCUT2D eigenvalue weighted by Crippen LogP contribution is 2.42. The molecular formula is C11H20N2OS. The van der Waals surface area contributed by atoms with Crippen molar-refractivity contribution in [2.45, 2.75) is 38.0 Å². The summed E-state index contributed by atoms with van der Waals surface area (Å²) in [5.74, 6) is 0.469. The average molecular weight is 228 g/mol. The van der Waals surface area contributed by atoms with Gasteiger partial charge in [0.2, 0.25) is 0 Å². The van der Waals surface area contributed by atoms with Gasteiger partial charge >= 0.3 is 0 Å². The van der Waals surface area contributed by atoms with E-state index < -0.39 is 0 Å². The molecule has 1 aliphatic heterocycles. The number of aliphatic hydroxyl groups is 1. The first kappa shape index (κ1) is 11.3. The molecule has 86 valence electrons. The number of hydrogen-bond donors (Lipinski definition) is 1. The number of thioether (sulfide) groups is 1. The van der Waals surface area contributed by atoms with Crippen molar-refractivity contribution in [2.24, 2.45) is 10.9 Å². The highest BCUT2D eigenvalue weighted by molar-refractivity contribution is 8.14. The number of hydrogen-bond acceptors (Lipinski definition) is 4. The van der Waals surface area contributed by atoms with Crippen LogP contribution in [-0.4, -0.2) is 46.2 Å². The second-order valence-corrected chi connectivity index (χ2v) is 5.40. The van der Waals surface area contributed by atoms with Crippen molar-refractivity contribution in [2.75, 3.05) is 19.7 Å². The molecule has 2 rings (SSSR count). The van der Waals surface area contributed by atoms with E-state index in [0.29, 0.717) is 23.8 Å². The Bertz CT molecular complexity index is 253. The van der Waals surface area contributed by atoms with Gasteiger partial charge in [-0.25, -0.2) is 0 Å². The van der Waals surface area contributed by atoms with Gasteiger partial charge < -0.3 is 10.0 Å². The molecule has 1 heterocycles. The van der Waals surface area contributed by atoms with Crippen LogP contribution in [0.4, 0.5) is 0 Å². The summed E-state index contributed by atoms with van der Waals surface area (Å²) in [6, 6.07) is 0.475. The van der Waals surface area contributed by atoms with E-state index in [1.165, 1.54) is 5.17 Å². The van der Waals surface area contributed by atoms with Gasteiger partial charge in [0.1, 0.15) is 0 Å². The number of rotatable bonds is 3. The lowest BCUT2D eigenvalue weighted by Gasteiger charge is -2.21. The smallest absolute Gasteiger partial charge is 0.159 e. The van der Waals surface area contributed by atoms with Gasteiger partial charge in [0.15, 0.2) is 5.17 Å². The Morgan fingerprint density at radius 3 is 2.73 bits per heavy atom. The first-order valence-corrected chi connectivity index (χ1v) is 6.78. The minimum atomic E-state index is 0.329. The molecule has 0 radical (unpaired) electrons. The molecule has 0 amide bonds. The van der Waals surface area contributed by atoms with Crippen LogP contribution in [0.25, 0.3) is 0 Å². The van der Waals surface area contributed by atoms with E-state index in [9.17, 15) is 5.11 Å². The first-order valence-electron chi connectivity index (χ1n) is 5.90. The Balaban J connectivity index is 2.02. The molecule has 0 spiro atoms. The fraction of sp³-hybridized carbons (Fsp3) is 0.909. The zero-order valence-corrected chi connectivity index (χ0v) is 10.3. The maximum atomic E-state index is 9.27. The van der Waals surface area contributed by atoms with Gasteiger partial charge in [-0.15, -0.1) is 0 Å². The summed E-state index contributed by atoms with van der Waals surface area (Å²) >= 11 is 1.89. The van der Waals surface area contributed by atoms with Crippen molar-refractivity contribution < 1.29 is 5.11 Å². The second kappa shape index (κ2) is 4.74. The molecule has 1 N–H and O–H groups in total. The van der Waals surface area contributed by atoms with Crippen LogP contribution < -0.4 is 0 Å². The lowest BCUT2D eigenvalue weighted by Crippen LogP contribution is -2.28. The highest BCUT2D eigenvalue weighted by atomic mass is 32.2. The number of nitrogens with zero attached hydrogens (tertiary/aromatic N) is 2. The van der Waals surface area contributed by atoms with E-state index in [2.05, 4.69) is 18.7 Å². The van der Waals surface area contributed by atoms with E-state index in [-0.39, 0.29) is 0 Å². The van der Waals surface area contributed by atoms with Crippen LogP contribution in [0, 0.1) is 5.92 Å². The van der Waals surface area contributed by atoms with Gasteiger partial charge in [0.05, 0.1) is 6.04 Å².